The maximum atomic E-state index is 13.5. The summed E-state index contributed by atoms with van der Waals surface area (Å²) in [6.45, 7) is 27.1. The van der Waals surface area contributed by atoms with Gasteiger partial charge in [0.1, 0.15) is 44.5 Å². The van der Waals surface area contributed by atoms with Gasteiger partial charge in [0.2, 0.25) is 56.2 Å². The summed E-state index contributed by atoms with van der Waals surface area (Å²) in [5.41, 5.74) is 7.76. The quantitative estimate of drug-likeness (QED) is 0.00323. The summed E-state index contributed by atoms with van der Waals surface area (Å²) in [5, 5.41) is 75.7. The summed E-state index contributed by atoms with van der Waals surface area (Å²) >= 11 is 15.1. The number of amides is 7. The van der Waals surface area contributed by atoms with Crippen LogP contribution in [0.5, 0.6) is 46.0 Å². The molecule has 6 aromatic carbocycles. The molecule has 0 aliphatic rings. The zero-order valence-corrected chi connectivity index (χ0v) is 92.5. The fourth-order valence-electron chi connectivity index (χ4n) is 12.5. The molecule has 0 radical (unpaired) electrons. The van der Waals surface area contributed by atoms with E-state index in [4.69, 9.17) is 43.9 Å². The minimum Gasteiger partial charge on any atom is -0.504 e. The first-order valence-corrected chi connectivity index (χ1v) is 75.5. The molecule has 7 amide bonds. The van der Waals surface area contributed by atoms with Crippen LogP contribution in [0, 0.1) is 20.2 Å². The number of aromatic hydroxyl groups is 4. The number of para-hydroxylation sites is 6. The van der Waals surface area contributed by atoms with Crippen LogP contribution in [0.4, 0.5) is 23.4 Å². The van der Waals surface area contributed by atoms with Crippen LogP contribution in [0.1, 0.15) is 136 Å². The maximum absolute atomic E-state index is 13.5. The van der Waals surface area contributed by atoms with Gasteiger partial charge in [0.15, 0.2) is 46.1 Å². The van der Waals surface area contributed by atoms with Gasteiger partial charge in [0.25, 0.3) is 23.6 Å². The van der Waals surface area contributed by atoms with Gasteiger partial charge in [-0.15, -0.1) is 0 Å². The first-order valence-electron chi connectivity index (χ1n) is 42.7. The molecule has 0 bridgehead atoms. The fourth-order valence-corrected chi connectivity index (χ4v) is 15.9. The van der Waals surface area contributed by atoms with Crippen molar-refractivity contribution < 1.29 is 108 Å². The standard InChI is InChI=1S/C39H39N7O11.C37H62ClN3O8Si4.C14H10N4O3.CH4.I3.I2/c47-29-12-5-9-26(35(29)51)38(53)40-20-3-4-22-45(23-7-21-41-39(54)27-10-6-13-30(48)36(27)52)33(50)18-17-32(49)44-37-25-8-1-2-11-28(25)42-31(43-37)16-14-24-15-19-34(57-24)46(55)56;1-50(2,3)46-30-20-15-18-28(34(30)48-52(7,8)9)36(44)39-24-13-14-26-41(33(43)23-22-32(38)42)27-17-25-40-37(45)29-19-16-21-31(47-51(4,5)6)35(29)49-53(10,11)12;15-14-10-3-1-2-4-11(10)16-12(17-14)7-5-9-6-8-13(21-9)18(19)20;;1-3-2;1-2/h1-2,5-6,8-16,19,47-48,51-52H,3-4,7,17-18,20-23H2,(H,40,53)(H,41,54)(H,42,43,44,49);15-16,18-21H,13-14,17,22-27H2,1-12H3,(H,39,44)(H,40,45);1-8H,(H2,15,16,17);1H4;;/q;;;;-1;/b16-14+;;7-5+;;;. The minimum atomic E-state index is -2.08. The van der Waals surface area contributed by atoms with E-state index in [1.807, 2.05) is 36.4 Å². The molecule has 0 aliphatic carbocycles. The number of nitrogens with one attached hydrogen (secondary N) is 5. The van der Waals surface area contributed by atoms with Crippen molar-refractivity contribution in [1.29, 1.82) is 0 Å². The summed E-state index contributed by atoms with van der Waals surface area (Å²) in [4.78, 5) is 144. The Labute approximate surface area is 857 Å². The minimum absolute atomic E-state index is 0. The van der Waals surface area contributed by atoms with E-state index in [-0.39, 0.29) is 117 Å². The number of hydrogen-bond acceptors (Lipinski definition) is 27. The van der Waals surface area contributed by atoms with Crippen LogP contribution in [0.25, 0.3) is 46.1 Å². The third-order valence-corrected chi connectivity index (χ3v) is 21.9. The van der Waals surface area contributed by atoms with E-state index in [1.165, 1.54) is 77.7 Å². The number of carbonyl (C=O) groups excluding carboxylic acids is 8. The maximum Gasteiger partial charge on any atom is 0.433 e. The number of unbranched alkanes of at least 4 members (excludes halogenated alkanes) is 2. The van der Waals surface area contributed by atoms with E-state index in [2.05, 4.69) is 200 Å². The Bertz CT molecular complexity index is 5840. The molecule has 0 unspecified atom stereocenters. The summed E-state index contributed by atoms with van der Waals surface area (Å²) in [7, 11) is -8.09. The van der Waals surface area contributed by atoms with E-state index >= 15 is 0 Å². The van der Waals surface area contributed by atoms with Gasteiger partial charge in [-0.1, -0.05) is 56.0 Å². The second kappa shape index (κ2) is 58.0. The van der Waals surface area contributed by atoms with E-state index in [1.54, 1.807) is 65.6 Å². The average molecular weight is 2540 g/mol. The molecular weight excluding hydrogens is 2420 g/mol. The number of nitro groups is 2. The molecule has 740 valence electrons. The normalized spacial score (nSPS) is 11.2. The number of carbonyl (C=O) groups is 8. The van der Waals surface area contributed by atoms with Crippen molar-refractivity contribution in [3.05, 3.63) is 211 Å². The molecule has 0 fully saturated rings. The van der Waals surface area contributed by atoms with Gasteiger partial charge in [-0.25, -0.2) is 19.9 Å². The van der Waals surface area contributed by atoms with Gasteiger partial charge < -0.3 is 89.1 Å². The largest absolute Gasteiger partial charge is 0.504 e. The molecule has 0 saturated carbocycles. The van der Waals surface area contributed by atoms with Gasteiger partial charge in [-0.05, 0) is 238 Å². The van der Waals surface area contributed by atoms with Crippen LogP contribution in [-0.2, 0) is 19.2 Å². The molecule has 137 heavy (non-hydrogen) atoms. The molecule has 0 spiro atoms. The van der Waals surface area contributed by atoms with Gasteiger partial charge in [0.05, 0.1) is 45.4 Å². The Kier molecular flexibility index (Phi) is 49.7. The van der Waals surface area contributed by atoms with Crippen LogP contribution >= 0.6 is 86.1 Å². The van der Waals surface area contributed by atoms with Crippen molar-refractivity contribution in [2.24, 2.45) is 0 Å². The smallest absolute Gasteiger partial charge is 0.433 e. The predicted octanol–water partition coefficient (Wildman–Crippen LogP) is 17.0. The van der Waals surface area contributed by atoms with Gasteiger partial charge >= 0.3 is 62.3 Å². The number of rotatable bonds is 43. The summed E-state index contributed by atoms with van der Waals surface area (Å²) in [5.74, 6) is -1.65. The number of fused-ring (bicyclic) bond motifs is 2. The number of aromatic nitrogens is 4. The number of nitrogens with two attached hydrogens (primary N) is 1. The number of halogens is 6. The van der Waals surface area contributed by atoms with E-state index in [0.717, 1.165) is 10.9 Å². The van der Waals surface area contributed by atoms with Crippen LogP contribution in [0.15, 0.2) is 154 Å². The van der Waals surface area contributed by atoms with Gasteiger partial charge in [0, 0.05) is 126 Å². The Morgan fingerprint density at radius 2 is 0.803 bits per heavy atom. The molecule has 10 rings (SSSR count). The number of hydrogen-bond donors (Lipinski definition) is 10. The number of anilines is 2. The predicted molar refractivity (Wildman–Crippen MR) is 571 cm³/mol. The van der Waals surface area contributed by atoms with Crippen molar-refractivity contribution in [2.75, 3.05) is 63.4 Å². The van der Waals surface area contributed by atoms with E-state index < -0.39 is 95.0 Å². The third kappa shape index (κ3) is 41.4. The molecule has 4 heterocycles. The number of phenols is 4. The molecule has 10 aromatic rings. The van der Waals surface area contributed by atoms with E-state index in [0.29, 0.717) is 140 Å². The van der Waals surface area contributed by atoms with Gasteiger partial charge in [-0.2, -0.15) is 0 Å². The molecule has 4 aromatic heterocycles. The van der Waals surface area contributed by atoms with Crippen molar-refractivity contribution in [1.82, 2.24) is 51.0 Å². The second-order valence-corrected chi connectivity index (χ2v) is 68.2. The summed E-state index contributed by atoms with van der Waals surface area (Å²) < 4.78 is 35.4. The third-order valence-electron chi connectivity index (χ3n) is 18.4. The van der Waals surface area contributed by atoms with Crippen molar-refractivity contribution in [3.8, 4) is 46.0 Å². The number of furan rings is 2. The SMILES string of the molecule is C.C[Si](C)(C)Oc1cccc(C(=O)NCCCCN(CCCNC(=O)c2cccc(O[Si](C)(C)C)c2O[Si](C)(C)C)C(=O)CCC(=O)Cl)c1O[Si](C)(C)C.II.I[I-]I.Nc1nc(/C=C/c2ccc([N+](=O)[O-])o2)nc2ccccc12.O=C(CCC(=O)N(CCCCNC(=O)c1cccc(O)c1O)CCCNC(=O)c1cccc(O)c1O)Nc1nc(/C=C/c2ccc([N+](=O)[O-])o2)nc2ccccc12. The number of nitrogens with zero attached hydrogens (tertiary/aromatic N) is 8. The molecule has 0 atom stereocenters. The monoisotopic (exact) mass is 2540 g/mol. The number of phenolic OH excluding ortho intramolecular Hbond substituents is 4. The molecular formula is C91H115ClI5N14O22Si4-. The van der Waals surface area contributed by atoms with Crippen LogP contribution in [0.3, 0.4) is 0 Å². The van der Waals surface area contributed by atoms with Crippen LogP contribution < -0.4 is 63.3 Å². The van der Waals surface area contributed by atoms with Crippen molar-refractivity contribution in [2.45, 2.75) is 150 Å². The van der Waals surface area contributed by atoms with Crippen molar-refractivity contribution in [3.63, 3.8) is 0 Å². The summed E-state index contributed by atoms with van der Waals surface area (Å²) in [6.07, 6.45) is 8.57. The molecule has 11 N–H and O–H groups in total. The van der Waals surface area contributed by atoms with Gasteiger partial charge in [-0.3, -0.25) is 58.6 Å². The first kappa shape index (κ1) is 117. The van der Waals surface area contributed by atoms with E-state index in [9.17, 15) is 79.0 Å². The fraction of sp³-hybridized carbons (Fsp3) is 0.341. The molecule has 0 aliphatic heterocycles. The molecule has 46 heteroatoms. The Balaban J connectivity index is 0.000000382. The topological polar surface area (TPSA) is 511 Å². The average Bonchev–Trinajstić information content (AvgIpc) is 1.49. The van der Waals surface area contributed by atoms with Crippen LogP contribution in [0.2, 0.25) is 78.6 Å². The molecule has 36 nitrogen and oxygen atoms in total. The number of benzene rings is 6. The Hall–Kier alpha value is -10.2. The van der Waals surface area contributed by atoms with Crippen LogP contribution in [-0.4, -0.2) is 192 Å². The molecule has 0 saturated heterocycles. The Morgan fingerprint density at radius 3 is 1.20 bits per heavy atom. The summed E-state index contributed by atoms with van der Waals surface area (Å²) in [6, 6.07) is 38.6. The Morgan fingerprint density at radius 1 is 0.453 bits per heavy atom. The zero-order chi connectivity index (χ0) is 101. The first-order chi connectivity index (χ1) is 64.3. The zero-order valence-electron chi connectivity index (χ0n) is 77.0. The number of nitrogen functional groups attached to an aromatic ring is 1. The van der Waals surface area contributed by atoms with Crippen molar-refractivity contribution >= 4 is 235 Å². The second-order valence-electron chi connectivity index (χ2n) is 33.8.